The Kier molecular flexibility index (Phi) is 14.7. The standard InChI is InChI=1S/C22H35N2.3CH3.Ti/c1-13(2)24(14(3)4)22(23)20-12-10-9-11-19(20)21-17(7)15(5)16(6)18(21)8;;;;/h9-18,21H,1-8H3;3*1H3;/q4*-1;+4. The van der Waals surface area contributed by atoms with Crippen molar-refractivity contribution >= 4 is 5.84 Å². The molecule has 2 rings (SSSR count). The van der Waals surface area contributed by atoms with Gasteiger partial charge in [-0.3, -0.25) is 0 Å². The Morgan fingerprint density at radius 1 is 0.786 bits per heavy atom. The Balaban J connectivity index is -0.00000156. The van der Waals surface area contributed by atoms with Crippen molar-refractivity contribution in [1.29, 1.82) is 0 Å². The third-order valence-corrected chi connectivity index (χ3v) is 6.54. The van der Waals surface area contributed by atoms with Crippen LogP contribution in [0.4, 0.5) is 0 Å². The van der Waals surface area contributed by atoms with Gasteiger partial charge in [0.05, 0.1) is 0 Å². The van der Waals surface area contributed by atoms with Gasteiger partial charge in [-0.2, -0.15) is 0 Å². The largest absolute Gasteiger partial charge is 4.00 e. The van der Waals surface area contributed by atoms with E-state index in [4.69, 9.17) is 0 Å². The van der Waals surface area contributed by atoms with Gasteiger partial charge in [-0.25, -0.2) is 0 Å². The number of hydrogen-bond acceptors (Lipinski definition) is 0. The van der Waals surface area contributed by atoms with E-state index in [9.17, 15) is 5.41 Å². The molecular formula is C25H44N2Ti. The molecule has 0 N–H and O–H groups in total. The summed E-state index contributed by atoms with van der Waals surface area (Å²) in [5.41, 5.74) is 2.34. The van der Waals surface area contributed by atoms with E-state index in [1.165, 1.54) is 5.56 Å². The minimum absolute atomic E-state index is 0. The summed E-state index contributed by atoms with van der Waals surface area (Å²) in [7, 11) is 0. The van der Waals surface area contributed by atoms with Crippen molar-refractivity contribution in [3.63, 3.8) is 0 Å². The second-order valence-corrected chi connectivity index (χ2v) is 8.47. The first kappa shape index (κ1) is 32.1. The van der Waals surface area contributed by atoms with E-state index in [0.29, 0.717) is 35.4 Å². The molecular weight excluding hydrogens is 376 g/mol. The summed E-state index contributed by atoms with van der Waals surface area (Å²) in [6.07, 6.45) is 0. The minimum atomic E-state index is 0. The van der Waals surface area contributed by atoms with Crippen LogP contribution in [0, 0.1) is 46.0 Å². The van der Waals surface area contributed by atoms with Gasteiger partial charge in [-0.05, 0) is 52.8 Å². The molecule has 158 valence electrons. The Labute approximate surface area is 192 Å². The fourth-order valence-corrected chi connectivity index (χ4v) is 4.87. The average molecular weight is 421 g/mol. The van der Waals surface area contributed by atoms with Crippen LogP contribution >= 0.6 is 0 Å². The molecule has 0 saturated heterocycles. The molecule has 0 aromatic heterocycles. The van der Waals surface area contributed by atoms with E-state index in [1.807, 2.05) is 6.07 Å². The smallest absolute Gasteiger partial charge is 0.464 e. The first-order chi connectivity index (χ1) is 11.2. The molecule has 1 aromatic carbocycles. The zero-order valence-electron chi connectivity index (χ0n) is 20.2. The van der Waals surface area contributed by atoms with Crippen LogP contribution in [0.15, 0.2) is 24.3 Å². The van der Waals surface area contributed by atoms with Crippen LogP contribution in [0.25, 0.3) is 5.41 Å². The molecule has 0 amide bonds. The molecule has 3 heteroatoms. The maximum atomic E-state index is 11.1. The molecule has 1 saturated carbocycles. The molecule has 0 bridgehead atoms. The first-order valence-electron chi connectivity index (χ1n) is 9.62. The van der Waals surface area contributed by atoms with Crippen molar-refractivity contribution < 1.29 is 21.7 Å². The van der Waals surface area contributed by atoms with Crippen LogP contribution in [-0.4, -0.2) is 22.8 Å². The molecule has 4 unspecified atom stereocenters. The van der Waals surface area contributed by atoms with Crippen molar-refractivity contribution in [3.05, 3.63) is 63.1 Å². The molecule has 4 atom stereocenters. The Morgan fingerprint density at radius 3 is 1.57 bits per heavy atom. The van der Waals surface area contributed by atoms with Crippen LogP contribution in [0.1, 0.15) is 72.4 Å². The van der Waals surface area contributed by atoms with Crippen LogP contribution < -0.4 is 0 Å². The predicted molar refractivity (Wildman–Crippen MR) is 125 cm³/mol. The molecule has 0 spiro atoms. The van der Waals surface area contributed by atoms with Crippen molar-refractivity contribution in [2.75, 3.05) is 0 Å². The van der Waals surface area contributed by atoms with Crippen molar-refractivity contribution in [3.8, 4) is 0 Å². The summed E-state index contributed by atoms with van der Waals surface area (Å²) in [4.78, 5) is 2.12. The number of hydrogen-bond donors (Lipinski definition) is 0. The maximum Gasteiger partial charge on any atom is 4.00 e. The third kappa shape index (κ3) is 5.96. The van der Waals surface area contributed by atoms with Crippen molar-refractivity contribution in [1.82, 2.24) is 4.90 Å². The summed E-state index contributed by atoms with van der Waals surface area (Å²) in [6.45, 7) is 18.1. The zero-order chi connectivity index (χ0) is 18.2. The number of nitrogens with zero attached hydrogens (tertiary/aromatic N) is 2. The molecule has 1 aromatic rings. The third-order valence-electron chi connectivity index (χ3n) is 6.54. The van der Waals surface area contributed by atoms with E-state index >= 15 is 0 Å². The monoisotopic (exact) mass is 420 g/mol. The fourth-order valence-electron chi connectivity index (χ4n) is 4.87. The minimum Gasteiger partial charge on any atom is -0.464 e. The maximum absolute atomic E-state index is 11.1. The van der Waals surface area contributed by atoms with Crippen molar-refractivity contribution in [2.45, 2.75) is 73.4 Å². The van der Waals surface area contributed by atoms with E-state index in [-0.39, 0.29) is 56.1 Å². The van der Waals surface area contributed by atoms with Gasteiger partial charge >= 0.3 is 21.7 Å². The predicted octanol–water partition coefficient (Wildman–Crippen LogP) is 7.11. The number of benzene rings is 1. The van der Waals surface area contributed by atoms with Crippen LogP contribution in [0.3, 0.4) is 0 Å². The van der Waals surface area contributed by atoms with Crippen molar-refractivity contribution in [2.24, 2.45) is 23.7 Å². The van der Waals surface area contributed by atoms with Gasteiger partial charge in [0.15, 0.2) is 0 Å². The number of rotatable bonds is 4. The van der Waals surface area contributed by atoms with E-state index in [0.717, 1.165) is 5.56 Å². The van der Waals surface area contributed by atoms with E-state index < -0.39 is 0 Å². The summed E-state index contributed by atoms with van der Waals surface area (Å²) in [6, 6.07) is 9.03. The quantitative estimate of drug-likeness (QED) is 0.220. The Morgan fingerprint density at radius 2 is 1.18 bits per heavy atom. The molecule has 0 heterocycles. The molecule has 1 fully saturated rings. The molecule has 0 aliphatic heterocycles. The summed E-state index contributed by atoms with van der Waals surface area (Å²) < 4.78 is 0. The van der Waals surface area contributed by atoms with E-state index in [1.54, 1.807) is 0 Å². The van der Waals surface area contributed by atoms with Gasteiger partial charge in [0.1, 0.15) is 0 Å². The van der Waals surface area contributed by atoms with Gasteiger partial charge in [-0.15, -0.1) is 0 Å². The normalized spacial score (nSPS) is 25.9. The van der Waals surface area contributed by atoms with Gasteiger partial charge in [0.25, 0.3) is 0 Å². The average Bonchev–Trinajstić information content (AvgIpc) is 2.70. The van der Waals surface area contributed by atoms with Gasteiger partial charge in [-0.1, -0.05) is 85.5 Å². The Bertz CT molecular complexity index is 560. The van der Waals surface area contributed by atoms with Crippen LogP contribution in [0.5, 0.6) is 0 Å². The summed E-state index contributed by atoms with van der Waals surface area (Å²) in [5, 5.41) is 11.1. The molecule has 28 heavy (non-hydrogen) atoms. The molecule has 0 radical (unpaired) electrons. The molecule has 1 aliphatic rings. The van der Waals surface area contributed by atoms with Crippen LogP contribution in [0.2, 0.25) is 0 Å². The van der Waals surface area contributed by atoms with Crippen LogP contribution in [-0.2, 0) is 21.7 Å². The Hall–Kier alpha value is -0.596. The SMILES string of the molecule is CC1C(C)C(C)C(c2ccccc2C(=[N-])N(C(C)C)C(C)C)C1C.[CH3-].[CH3-].[CH3-].[Ti+4]. The van der Waals surface area contributed by atoms with Gasteiger partial charge in [0.2, 0.25) is 0 Å². The topological polar surface area (TPSA) is 25.5 Å². The summed E-state index contributed by atoms with van der Waals surface area (Å²) >= 11 is 0. The second kappa shape index (κ2) is 12.9. The van der Waals surface area contributed by atoms with E-state index in [2.05, 4.69) is 78.5 Å². The fraction of sp³-hybridized carbons (Fsp3) is 0.600. The summed E-state index contributed by atoms with van der Waals surface area (Å²) in [5.74, 6) is 3.64. The van der Waals surface area contributed by atoms with Gasteiger partial charge < -0.3 is 32.6 Å². The number of amidine groups is 1. The second-order valence-electron chi connectivity index (χ2n) is 8.47. The molecule has 2 nitrogen and oxygen atoms in total. The first-order valence-corrected chi connectivity index (χ1v) is 9.62. The van der Waals surface area contributed by atoms with Gasteiger partial charge in [0, 0.05) is 0 Å². The molecule has 1 aliphatic carbocycles. The zero-order valence-corrected chi connectivity index (χ0v) is 21.8.